The van der Waals surface area contributed by atoms with E-state index in [0.717, 1.165) is 30.8 Å². The number of benzene rings is 1. The van der Waals surface area contributed by atoms with E-state index in [1.165, 1.54) is 56.4 Å². The van der Waals surface area contributed by atoms with Crippen molar-refractivity contribution in [3.8, 4) is 0 Å². The lowest BCUT2D eigenvalue weighted by atomic mass is 10.1. The van der Waals surface area contributed by atoms with Crippen LogP contribution in [0.1, 0.15) is 38.5 Å². The van der Waals surface area contributed by atoms with Crippen LogP contribution in [0.5, 0.6) is 0 Å². The largest absolute Gasteiger partial charge is 0.368 e. The zero-order valence-corrected chi connectivity index (χ0v) is 15.0. The van der Waals surface area contributed by atoms with Gasteiger partial charge in [-0.1, -0.05) is 12.1 Å². The molecule has 4 aliphatic rings. The number of anilines is 2. The third-order valence-electron chi connectivity index (χ3n) is 6.30. The van der Waals surface area contributed by atoms with Crippen LogP contribution < -0.4 is 15.1 Å². The second kappa shape index (κ2) is 6.22. The van der Waals surface area contributed by atoms with E-state index >= 15 is 0 Å². The fourth-order valence-corrected chi connectivity index (χ4v) is 4.38. The van der Waals surface area contributed by atoms with Gasteiger partial charge in [0.15, 0.2) is 0 Å². The van der Waals surface area contributed by atoms with Gasteiger partial charge in [-0.05, 0) is 68.4 Å². The molecule has 1 aromatic rings. The molecule has 1 N–H and O–H groups in total. The number of nitrogens with zero attached hydrogens (tertiary/aromatic N) is 2. The average molecular weight is 339 g/mol. The molecule has 0 unspecified atom stereocenters. The molecule has 3 fully saturated rings. The van der Waals surface area contributed by atoms with Crippen LogP contribution in [0.25, 0.3) is 0 Å². The first-order valence-electron chi connectivity index (χ1n) is 10.2. The van der Waals surface area contributed by atoms with E-state index in [-0.39, 0.29) is 5.91 Å². The van der Waals surface area contributed by atoms with Crippen LogP contribution in [-0.4, -0.2) is 38.1 Å². The van der Waals surface area contributed by atoms with Crippen molar-refractivity contribution in [1.29, 1.82) is 0 Å². The summed E-state index contributed by atoms with van der Waals surface area (Å²) in [5.41, 5.74) is 2.55. The number of para-hydroxylation sites is 2. The Bertz CT molecular complexity index is 636. The first-order chi connectivity index (χ1) is 12.3. The van der Waals surface area contributed by atoms with E-state index in [0.29, 0.717) is 12.6 Å². The first-order valence-corrected chi connectivity index (χ1v) is 10.2. The number of rotatable bonds is 7. The number of nitrogens with one attached hydrogen (secondary N) is 1. The van der Waals surface area contributed by atoms with Crippen molar-refractivity contribution < 1.29 is 4.79 Å². The number of carbonyl (C=O) groups excluding carboxylic acids is 1. The van der Waals surface area contributed by atoms with Crippen molar-refractivity contribution in [2.24, 2.45) is 17.8 Å². The zero-order chi connectivity index (χ0) is 16.8. The molecule has 1 heterocycles. The van der Waals surface area contributed by atoms with Gasteiger partial charge in [-0.25, -0.2) is 0 Å². The molecule has 1 amide bonds. The van der Waals surface area contributed by atoms with Gasteiger partial charge in [0.1, 0.15) is 0 Å². The maximum atomic E-state index is 12.7. The summed E-state index contributed by atoms with van der Waals surface area (Å²) in [6.07, 6.45) is 8.01. The average Bonchev–Trinajstić information content (AvgIpc) is 3.48. The van der Waals surface area contributed by atoms with Gasteiger partial charge in [0.05, 0.1) is 17.9 Å². The van der Waals surface area contributed by atoms with Crippen molar-refractivity contribution in [3.63, 3.8) is 0 Å². The lowest BCUT2D eigenvalue weighted by Gasteiger charge is -2.39. The molecule has 0 aromatic heterocycles. The second-order valence-electron chi connectivity index (χ2n) is 8.57. The van der Waals surface area contributed by atoms with Crippen LogP contribution in [0, 0.1) is 17.8 Å². The topological polar surface area (TPSA) is 35.6 Å². The Balaban J connectivity index is 1.26. The summed E-state index contributed by atoms with van der Waals surface area (Å²) in [6, 6.07) is 9.08. The molecule has 0 saturated heterocycles. The number of amides is 1. The molecule has 0 bridgehead atoms. The minimum Gasteiger partial charge on any atom is -0.368 e. The normalized spacial score (nSPS) is 22.9. The SMILES string of the molecule is O=C(CN1CCN(CC2CC2)c2ccccc21)NC(C1CC1)C1CC1. The maximum absolute atomic E-state index is 12.7. The van der Waals surface area contributed by atoms with Crippen molar-refractivity contribution in [3.05, 3.63) is 24.3 Å². The summed E-state index contributed by atoms with van der Waals surface area (Å²) < 4.78 is 0. The minimum absolute atomic E-state index is 0.217. The number of hydrogen-bond donors (Lipinski definition) is 1. The summed E-state index contributed by atoms with van der Waals surface area (Å²) in [6.45, 7) is 3.68. The highest BCUT2D eigenvalue weighted by Crippen LogP contribution is 2.44. The summed E-state index contributed by atoms with van der Waals surface area (Å²) in [7, 11) is 0. The van der Waals surface area contributed by atoms with Crippen LogP contribution in [0.4, 0.5) is 11.4 Å². The van der Waals surface area contributed by atoms with E-state index in [4.69, 9.17) is 0 Å². The molecule has 1 aliphatic heterocycles. The van der Waals surface area contributed by atoms with Crippen LogP contribution in [0.15, 0.2) is 24.3 Å². The van der Waals surface area contributed by atoms with Crippen LogP contribution >= 0.6 is 0 Å². The van der Waals surface area contributed by atoms with E-state index in [9.17, 15) is 4.79 Å². The monoisotopic (exact) mass is 339 g/mol. The zero-order valence-electron chi connectivity index (χ0n) is 15.0. The van der Waals surface area contributed by atoms with Crippen molar-refractivity contribution in [1.82, 2.24) is 5.32 Å². The molecule has 5 rings (SSSR count). The van der Waals surface area contributed by atoms with E-state index in [1.54, 1.807) is 0 Å². The Hall–Kier alpha value is -1.71. The summed E-state index contributed by atoms with van der Waals surface area (Å²) in [5.74, 6) is 2.63. The number of carbonyl (C=O) groups is 1. The molecule has 4 nitrogen and oxygen atoms in total. The highest BCUT2D eigenvalue weighted by Gasteiger charge is 2.42. The fraction of sp³-hybridized carbons (Fsp3) is 0.667. The van der Waals surface area contributed by atoms with Crippen LogP contribution in [0.3, 0.4) is 0 Å². The highest BCUT2D eigenvalue weighted by molar-refractivity contribution is 5.84. The molecule has 3 saturated carbocycles. The van der Waals surface area contributed by atoms with E-state index < -0.39 is 0 Å². The molecule has 0 radical (unpaired) electrons. The molecule has 3 aliphatic carbocycles. The van der Waals surface area contributed by atoms with Crippen molar-refractivity contribution in [2.45, 2.75) is 44.6 Å². The van der Waals surface area contributed by atoms with Gasteiger partial charge in [-0.3, -0.25) is 4.79 Å². The quantitative estimate of drug-likeness (QED) is 0.829. The van der Waals surface area contributed by atoms with Crippen molar-refractivity contribution in [2.75, 3.05) is 36.0 Å². The third-order valence-corrected chi connectivity index (χ3v) is 6.30. The molecule has 0 atom stereocenters. The van der Waals surface area contributed by atoms with Gasteiger partial charge in [0.2, 0.25) is 5.91 Å². The molecule has 0 spiro atoms. The fourth-order valence-electron chi connectivity index (χ4n) is 4.38. The van der Waals surface area contributed by atoms with Gasteiger partial charge in [-0.15, -0.1) is 0 Å². The predicted molar refractivity (Wildman–Crippen MR) is 101 cm³/mol. The molecule has 134 valence electrons. The highest BCUT2D eigenvalue weighted by atomic mass is 16.2. The lowest BCUT2D eigenvalue weighted by molar-refractivity contribution is -0.120. The van der Waals surface area contributed by atoms with Gasteiger partial charge in [0.25, 0.3) is 0 Å². The van der Waals surface area contributed by atoms with E-state index in [1.807, 2.05) is 0 Å². The molecular formula is C21H29N3O. The van der Waals surface area contributed by atoms with Gasteiger partial charge < -0.3 is 15.1 Å². The Morgan fingerprint density at radius 1 is 0.960 bits per heavy atom. The Morgan fingerprint density at radius 3 is 2.16 bits per heavy atom. The molecular weight excluding hydrogens is 310 g/mol. The second-order valence-corrected chi connectivity index (χ2v) is 8.57. The van der Waals surface area contributed by atoms with Gasteiger partial charge in [0, 0.05) is 25.7 Å². The maximum Gasteiger partial charge on any atom is 0.239 e. The smallest absolute Gasteiger partial charge is 0.239 e. The first kappa shape index (κ1) is 15.5. The third kappa shape index (κ3) is 3.49. The van der Waals surface area contributed by atoms with Gasteiger partial charge >= 0.3 is 0 Å². The molecule has 4 heteroatoms. The minimum atomic E-state index is 0.217. The summed E-state index contributed by atoms with van der Waals surface area (Å²) in [5, 5.41) is 3.38. The predicted octanol–water partition coefficient (Wildman–Crippen LogP) is 3.03. The Labute approximate surface area is 150 Å². The molecule has 25 heavy (non-hydrogen) atoms. The number of hydrogen-bond acceptors (Lipinski definition) is 3. The standard InChI is InChI=1S/C21H29N3O/c25-20(22-21(16-7-8-16)17-9-10-17)14-24-12-11-23(13-15-5-6-15)18-3-1-2-4-19(18)24/h1-4,15-17,21H,5-14H2,(H,22,25). The summed E-state index contributed by atoms with van der Waals surface area (Å²) in [4.78, 5) is 17.5. The van der Waals surface area contributed by atoms with Crippen LogP contribution in [0.2, 0.25) is 0 Å². The Morgan fingerprint density at radius 2 is 1.56 bits per heavy atom. The van der Waals surface area contributed by atoms with Crippen molar-refractivity contribution >= 4 is 17.3 Å². The van der Waals surface area contributed by atoms with E-state index in [2.05, 4.69) is 39.4 Å². The lowest BCUT2D eigenvalue weighted by Crippen LogP contribution is -2.48. The molecule has 1 aromatic carbocycles. The summed E-state index contributed by atoms with van der Waals surface area (Å²) >= 11 is 0. The van der Waals surface area contributed by atoms with Gasteiger partial charge in [-0.2, -0.15) is 0 Å². The Kier molecular flexibility index (Phi) is 3.87. The van der Waals surface area contributed by atoms with Crippen LogP contribution in [-0.2, 0) is 4.79 Å². The number of fused-ring (bicyclic) bond motifs is 1.